The highest BCUT2D eigenvalue weighted by molar-refractivity contribution is 5.76. The minimum absolute atomic E-state index is 0.0112. The van der Waals surface area contributed by atoms with E-state index in [4.69, 9.17) is 9.15 Å². The van der Waals surface area contributed by atoms with Gasteiger partial charge in [0.2, 0.25) is 5.91 Å². The molecule has 21 heavy (non-hydrogen) atoms. The lowest BCUT2D eigenvalue weighted by molar-refractivity contribution is -0.122. The lowest BCUT2D eigenvalue weighted by Crippen LogP contribution is -2.37. The molecule has 6 heteroatoms. The Bertz CT molecular complexity index is 591. The van der Waals surface area contributed by atoms with Gasteiger partial charge in [-0.1, -0.05) is 0 Å². The molecule has 0 aromatic carbocycles. The van der Waals surface area contributed by atoms with Crippen LogP contribution in [0.2, 0.25) is 0 Å². The van der Waals surface area contributed by atoms with E-state index in [1.165, 1.54) is 0 Å². The number of carbonyl (C=O) groups excluding carboxylic acids is 1. The maximum atomic E-state index is 12.1. The van der Waals surface area contributed by atoms with Gasteiger partial charge in [0, 0.05) is 32.5 Å². The molecule has 0 spiro atoms. The van der Waals surface area contributed by atoms with Crippen molar-refractivity contribution < 1.29 is 13.9 Å². The van der Waals surface area contributed by atoms with Gasteiger partial charge in [0.1, 0.15) is 11.9 Å². The standard InChI is InChI=1S/C15H19N3O3/c1-18-7-6-16-15(18)14-12(5-9-21-14)17-13(19)3-2-11-4-8-20-10-11/h4,6-8,10,12,14H,2-3,5,9H2,1H3,(H,17,19)/t12-,14-/m0/s1. The van der Waals surface area contributed by atoms with E-state index in [-0.39, 0.29) is 18.1 Å². The Morgan fingerprint density at radius 1 is 1.57 bits per heavy atom. The number of aryl methyl sites for hydroxylation is 2. The van der Waals surface area contributed by atoms with E-state index in [1.807, 2.05) is 23.9 Å². The molecule has 1 fully saturated rings. The topological polar surface area (TPSA) is 69.3 Å². The zero-order chi connectivity index (χ0) is 14.7. The molecule has 6 nitrogen and oxygen atoms in total. The molecule has 0 radical (unpaired) electrons. The molecule has 2 aromatic rings. The van der Waals surface area contributed by atoms with Crippen molar-refractivity contribution in [3.63, 3.8) is 0 Å². The number of amides is 1. The number of nitrogens with zero attached hydrogens (tertiary/aromatic N) is 2. The first kappa shape index (κ1) is 13.9. The van der Waals surface area contributed by atoms with Crippen molar-refractivity contribution >= 4 is 5.91 Å². The highest BCUT2D eigenvalue weighted by Crippen LogP contribution is 2.27. The van der Waals surface area contributed by atoms with Crippen LogP contribution in [0, 0.1) is 0 Å². The Balaban J connectivity index is 1.56. The fourth-order valence-electron chi connectivity index (χ4n) is 2.61. The highest BCUT2D eigenvalue weighted by atomic mass is 16.5. The summed E-state index contributed by atoms with van der Waals surface area (Å²) in [6.45, 7) is 0.643. The number of hydrogen-bond donors (Lipinski definition) is 1. The van der Waals surface area contributed by atoms with Gasteiger partial charge >= 0.3 is 0 Å². The minimum Gasteiger partial charge on any atom is -0.472 e. The van der Waals surface area contributed by atoms with E-state index < -0.39 is 0 Å². The van der Waals surface area contributed by atoms with Crippen LogP contribution in [0.3, 0.4) is 0 Å². The van der Waals surface area contributed by atoms with Crippen LogP contribution >= 0.6 is 0 Å². The van der Waals surface area contributed by atoms with Crippen molar-refractivity contribution in [1.29, 1.82) is 0 Å². The molecular formula is C15H19N3O3. The Labute approximate surface area is 123 Å². The summed E-state index contributed by atoms with van der Waals surface area (Å²) in [6.07, 6.45) is 8.70. The van der Waals surface area contributed by atoms with Gasteiger partial charge in [-0.15, -0.1) is 0 Å². The third-order valence-electron chi connectivity index (χ3n) is 3.77. The molecule has 0 aliphatic carbocycles. The average molecular weight is 289 g/mol. The van der Waals surface area contributed by atoms with Crippen LogP contribution in [0.15, 0.2) is 35.4 Å². The Hall–Kier alpha value is -2.08. The lowest BCUT2D eigenvalue weighted by Gasteiger charge is -2.19. The zero-order valence-electron chi connectivity index (χ0n) is 12.0. The number of rotatable bonds is 5. The first-order valence-electron chi connectivity index (χ1n) is 7.13. The summed E-state index contributed by atoms with van der Waals surface area (Å²) in [7, 11) is 1.93. The summed E-state index contributed by atoms with van der Waals surface area (Å²) < 4.78 is 12.7. The normalized spacial score (nSPS) is 21.6. The fraction of sp³-hybridized carbons (Fsp3) is 0.467. The van der Waals surface area contributed by atoms with Gasteiger partial charge in [-0.3, -0.25) is 4.79 Å². The Kier molecular flexibility index (Phi) is 4.06. The van der Waals surface area contributed by atoms with E-state index in [0.29, 0.717) is 19.4 Å². The molecule has 1 aliphatic heterocycles. The average Bonchev–Trinajstić information content (AvgIpc) is 3.18. The summed E-state index contributed by atoms with van der Waals surface area (Å²) in [6, 6.07) is 1.87. The van der Waals surface area contributed by atoms with Gasteiger partial charge < -0.3 is 19.0 Å². The number of ether oxygens (including phenoxy) is 1. The molecule has 3 rings (SSSR count). The number of imidazole rings is 1. The first-order valence-corrected chi connectivity index (χ1v) is 7.13. The lowest BCUT2D eigenvalue weighted by atomic mass is 10.1. The molecule has 0 unspecified atom stereocenters. The molecular weight excluding hydrogens is 270 g/mol. The highest BCUT2D eigenvalue weighted by Gasteiger charge is 2.33. The molecule has 112 valence electrons. The third-order valence-corrected chi connectivity index (χ3v) is 3.77. The smallest absolute Gasteiger partial charge is 0.220 e. The van der Waals surface area contributed by atoms with E-state index in [1.54, 1.807) is 18.7 Å². The minimum atomic E-state index is -0.164. The number of furan rings is 1. The van der Waals surface area contributed by atoms with Crippen molar-refractivity contribution in [2.24, 2.45) is 7.05 Å². The Morgan fingerprint density at radius 2 is 2.48 bits per heavy atom. The zero-order valence-corrected chi connectivity index (χ0v) is 12.0. The monoisotopic (exact) mass is 289 g/mol. The van der Waals surface area contributed by atoms with Crippen LogP contribution in [0.5, 0.6) is 0 Å². The predicted octanol–water partition coefficient (Wildman–Crippen LogP) is 1.59. The first-order chi connectivity index (χ1) is 10.2. The molecule has 0 saturated carbocycles. The molecule has 1 aliphatic rings. The van der Waals surface area contributed by atoms with Crippen LogP contribution in [0.25, 0.3) is 0 Å². The predicted molar refractivity (Wildman–Crippen MR) is 75.5 cm³/mol. The van der Waals surface area contributed by atoms with Crippen LogP contribution in [0.4, 0.5) is 0 Å². The van der Waals surface area contributed by atoms with Crippen molar-refractivity contribution in [2.75, 3.05) is 6.61 Å². The summed E-state index contributed by atoms with van der Waals surface area (Å²) in [5.74, 6) is 0.888. The number of carbonyl (C=O) groups is 1. The van der Waals surface area contributed by atoms with Crippen LogP contribution in [-0.2, 0) is 23.0 Å². The SMILES string of the molecule is Cn1ccnc1[C@H]1OCC[C@@H]1NC(=O)CCc1ccoc1. The maximum absolute atomic E-state index is 12.1. The van der Waals surface area contributed by atoms with Gasteiger partial charge in [-0.2, -0.15) is 0 Å². The third kappa shape index (κ3) is 3.16. The van der Waals surface area contributed by atoms with E-state index in [0.717, 1.165) is 17.8 Å². The van der Waals surface area contributed by atoms with Gasteiger partial charge in [0.15, 0.2) is 0 Å². The molecule has 2 aromatic heterocycles. The second-order valence-electron chi connectivity index (χ2n) is 5.28. The van der Waals surface area contributed by atoms with Crippen molar-refractivity contribution in [2.45, 2.75) is 31.4 Å². The molecule has 0 bridgehead atoms. The van der Waals surface area contributed by atoms with Gasteiger partial charge in [0.25, 0.3) is 0 Å². The summed E-state index contributed by atoms with van der Waals surface area (Å²) in [5.41, 5.74) is 1.04. The van der Waals surface area contributed by atoms with Crippen LogP contribution in [0.1, 0.15) is 30.3 Å². The number of nitrogens with one attached hydrogen (secondary N) is 1. The summed E-state index contributed by atoms with van der Waals surface area (Å²) in [4.78, 5) is 16.4. The van der Waals surface area contributed by atoms with Crippen molar-refractivity contribution in [3.8, 4) is 0 Å². The number of aromatic nitrogens is 2. The van der Waals surface area contributed by atoms with Crippen molar-refractivity contribution in [1.82, 2.24) is 14.9 Å². The summed E-state index contributed by atoms with van der Waals surface area (Å²) in [5, 5.41) is 3.06. The fourth-order valence-corrected chi connectivity index (χ4v) is 2.61. The van der Waals surface area contributed by atoms with E-state index in [2.05, 4.69) is 10.3 Å². The van der Waals surface area contributed by atoms with Crippen molar-refractivity contribution in [3.05, 3.63) is 42.4 Å². The second-order valence-corrected chi connectivity index (χ2v) is 5.28. The molecule has 3 heterocycles. The molecule has 1 saturated heterocycles. The van der Waals surface area contributed by atoms with E-state index in [9.17, 15) is 4.79 Å². The summed E-state index contributed by atoms with van der Waals surface area (Å²) >= 11 is 0. The molecule has 1 amide bonds. The van der Waals surface area contributed by atoms with Crippen LogP contribution in [-0.4, -0.2) is 28.1 Å². The largest absolute Gasteiger partial charge is 0.472 e. The van der Waals surface area contributed by atoms with E-state index >= 15 is 0 Å². The van der Waals surface area contributed by atoms with Gasteiger partial charge in [0.05, 0.1) is 18.6 Å². The van der Waals surface area contributed by atoms with Gasteiger partial charge in [-0.05, 0) is 24.5 Å². The number of hydrogen-bond acceptors (Lipinski definition) is 4. The Morgan fingerprint density at radius 3 is 3.19 bits per heavy atom. The van der Waals surface area contributed by atoms with Gasteiger partial charge in [-0.25, -0.2) is 4.98 Å². The second kappa shape index (κ2) is 6.13. The maximum Gasteiger partial charge on any atom is 0.220 e. The quantitative estimate of drug-likeness (QED) is 0.907. The molecule has 2 atom stereocenters. The van der Waals surface area contributed by atoms with Crippen LogP contribution < -0.4 is 5.32 Å². The molecule has 1 N–H and O–H groups in total.